The molecule has 194 valence electrons. The number of hydrogen-bond acceptors (Lipinski definition) is 14. The van der Waals surface area contributed by atoms with Gasteiger partial charge in [0.25, 0.3) is 0 Å². The summed E-state index contributed by atoms with van der Waals surface area (Å²) in [6.45, 7) is 0. The molecule has 0 aromatic heterocycles. The summed E-state index contributed by atoms with van der Waals surface area (Å²) >= 11 is 0. The van der Waals surface area contributed by atoms with Gasteiger partial charge in [-0.25, -0.2) is 19.2 Å². The minimum Gasteiger partial charge on any atom is -1.00 e. The molecule has 20 heteroatoms. The third-order valence-electron chi connectivity index (χ3n) is 3.77. The van der Waals surface area contributed by atoms with E-state index in [0.717, 1.165) is 0 Å². The number of esters is 4. The van der Waals surface area contributed by atoms with Crippen molar-refractivity contribution in [2.45, 2.75) is 49.1 Å². The topological polar surface area (TPSA) is 317 Å². The maximum atomic E-state index is 11.6. The number of aliphatic hydroxyl groups excluding tert-OH is 2. The van der Waals surface area contributed by atoms with Crippen LogP contribution in [0.4, 0.5) is 0 Å². The Morgan fingerprint density at radius 2 is 0.833 bits per heavy atom. The van der Waals surface area contributed by atoms with Crippen molar-refractivity contribution in [1.29, 1.82) is 0 Å². The quantitative estimate of drug-likeness (QED) is 0.0603. The average molecular weight is 546 g/mol. The average Bonchev–Trinajstić information content (AvgIpc) is 2.64. The van der Waals surface area contributed by atoms with Crippen LogP contribution in [0.5, 0.6) is 0 Å². The van der Waals surface area contributed by atoms with Gasteiger partial charge in [0.2, 0.25) is 0 Å². The molecule has 36 heavy (non-hydrogen) atoms. The largest absolute Gasteiger partial charge is 1.00 e. The molecule has 0 aliphatic carbocycles. The summed E-state index contributed by atoms with van der Waals surface area (Å²) in [5, 5.41) is 73.1. The summed E-state index contributed by atoms with van der Waals surface area (Å²) in [6.07, 6.45) is -12.2. The van der Waals surface area contributed by atoms with Gasteiger partial charge in [-0.05, 0) is 0 Å². The second kappa shape index (κ2) is 16.0. The maximum absolute atomic E-state index is 11.6. The Bertz CT molecular complexity index is 841. The van der Waals surface area contributed by atoms with Crippen LogP contribution < -0.4 is 59.1 Å². The molecule has 0 aliphatic heterocycles. The molecule has 0 amide bonds. The molecule has 0 aromatic carbocycles. The van der Waals surface area contributed by atoms with Crippen LogP contribution in [0.3, 0.4) is 0 Å². The van der Waals surface area contributed by atoms with Crippen molar-refractivity contribution in [2.24, 2.45) is 0 Å². The smallest absolute Gasteiger partial charge is 1.00 e. The van der Waals surface area contributed by atoms with E-state index >= 15 is 0 Å². The van der Waals surface area contributed by atoms with E-state index in [-0.39, 0.29) is 62.0 Å². The van der Waals surface area contributed by atoms with Gasteiger partial charge in [0.15, 0.2) is 23.4 Å². The molecule has 0 bridgehead atoms. The number of aliphatic hydroxyl groups is 4. The summed E-state index contributed by atoms with van der Waals surface area (Å²) in [4.78, 5) is 89.5. The van der Waals surface area contributed by atoms with Crippen LogP contribution in [-0.4, -0.2) is 112 Å². The zero-order valence-electron chi connectivity index (χ0n) is 20.6. The van der Waals surface area contributed by atoms with Crippen molar-refractivity contribution >= 4 is 47.8 Å². The van der Waals surface area contributed by atoms with Crippen molar-refractivity contribution in [2.75, 3.05) is 0 Å². The molecule has 4 atom stereocenters. The molecule has 0 rings (SSSR count). The minimum atomic E-state index is -3.23. The number of hydrogen-bond donors (Lipinski definition) is 8. The van der Waals surface area contributed by atoms with Crippen LogP contribution in [0.15, 0.2) is 0 Å². The van der Waals surface area contributed by atoms with Crippen molar-refractivity contribution < 1.29 is 151 Å². The second-order valence-corrected chi connectivity index (χ2v) is 6.64. The number of carbonyl (C=O) groups excluding carboxylic acids is 4. The van der Waals surface area contributed by atoms with E-state index in [1.807, 2.05) is 0 Å². The van der Waals surface area contributed by atoms with Crippen LogP contribution >= 0.6 is 0 Å². The number of rotatable bonds is 13. The third-order valence-corrected chi connectivity index (χ3v) is 3.77. The molecule has 0 radical (unpaired) electrons. The first-order valence-corrected chi connectivity index (χ1v) is 8.55. The first-order chi connectivity index (χ1) is 15.3. The molecule has 0 saturated carbocycles. The van der Waals surface area contributed by atoms with Crippen molar-refractivity contribution in [1.82, 2.24) is 0 Å². The third kappa shape index (κ3) is 12.3. The van der Waals surface area contributed by atoms with Crippen molar-refractivity contribution in [3.05, 3.63) is 0 Å². The normalized spacial score (nSPS) is 15.1. The van der Waals surface area contributed by atoms with E-state index in [1.54, 1.807) is 0 Å². The van der Waals surface area contributed by atoms with Crippen LogP contribution in [0.25, 0.3) is 0 Å². The van der Waals surface area contributed by atoms with Gasteiger partial charge < -0.3 is 53.2 Å². The van der Waals surface area contributed by atoms with E-state index in [0.29, 0.717) is 0 Å². The fraction of sp³-hybridized carbons (Fsp3) is 0.500. The second-order valence-electron chi connectivity index (χ2n) is 6.64. The van der Waals surface area contributed by atoms with Crippen LogP contribution in [0, 0.1) is 0 Å². The van der Waals surface area contributed by atoms with Gasteiger partial charge >= 0.3 is 107 Å². The Labute approximate surface area is 246 Å². The molecule has 0 heterocycles. The summed E-state index contributed by atoms with van der Waals surface area (Å²) in [5.74, 6) is -16.2. The van der Waals surface area contributed by atoms with E-state index < -0.39 is 96.8 Å². The Hall–Kier alpha value is -2.00. The number of aliphatic carboxylic acids is 4. The predicted molar refractivity (Wildman–Crippen MR) is 95.3 cm³/mol. The Kier molecular flexibility index (Phi) is 17.1. The number of carbonyl (C=O) groups is 8. The van der Waals surface area contributed by atoms with E-state index in [9.17, 15) is 58.8 Å². The van der Waals surface area contributed by atoms with Crippen molar-refractivity contribution in [3.63, 3.8) is 0 Å². The molecule has 4 unspecified atom stereocenters. The molecule has 0 spiro atoms. The summed E-state index contributed by atoms with van der Waals surface area (Å²) in [6, 6.07) is 0. The van der Waals surface area contributed by atoms with Gasteiger partial charge in [-0.2, -0.15) is 0 Å². The Morgan fingerprint density at radius 1 is 0.583 bits per heavy atom. The molecule has 0 saturated heterocycles. The fourth-order valence-corrected chi connectivity index (χ4v) is 2.08. The zero-order chi connectivity index (χ0) is 27.0. The van der Waals surface area contributed by atoms with Crippen LogP contribution in [0.2, 0.25) is 0 Å². The SMILES string of the molecule is O=C(O)CC(O)(CC(=O)OC(=O)C(O)C(O)C(=O)OC(=O)CC(O)(CC(=O)O)C(=O)O)C(=O)O.[H-].[H-].[Na+].[Na+]. The van der Waals surface area contributed by atoms with Gasteiger partial charge in [-0.15, -0.1) is 0 Å². The van der Waals surface area contributed by atoms with E-state index in [4.69, 9.17) is 20.4 Å². The molecule has 0 fully saturated rings. The Morgan fingerprint density at radius 3 is 1.03 bits per heavy atom. The van der Waals surface area contributed by atoms with E-state index in [1.165, 1.54) is 0 Å². The number of carboxylic acid groups (broad SMARTS) is 4. The van der Waals surface area contributed by atoms with Gasteiger partial charge in [0.05, 0.1) is 25.7 Å². The molecule has 18 nitrogen and oxygen atoms in total. The molecule has 8 N–H and O–H groups in total. The number of ether oxygens (including phenoxy) is 2. The molecular formula is C16H20Na2O18. The molecular weight excluding hydrogens is 526 g/mol. The van der Waals surface area contributed by atoms with Gasteiger partial charge in [-0.3, -0.25) is 19.2 Å². The molecule has 0 aliphatic rings. The van der Waals surface area contributed by atoms with Gasteiger partial charge in [-0.1, -0.05) is 0 Å². The Balaban J connectivity index is -0.000000907. The minimum absolute atomic E-state index is 0. The van der Waals surface area contributed by atoms with Gasteiger partial charge in [0, 0.05) is 0 Å². The zero-order valence-corrected chi connectivity index (χ0v) is 22.6. The fourth-order valence-electron chi connectivity index (χ4n) is 2.08. The van der Waals surface area contributed by atoms with Crippen LogP contribution in [-0.2, 0) is 47.8 Å². The standard InChI is InChI=1S/C16H18O18.2Na.2H/c17-5(18)1-15(31,13(27)28)3-7(21)33-11(25)9(23)10(24)12(26)34-8(22)4-16(32,14(29)30)2-6(19)20;;;;/h9-10,23-24,31-32H,1-4H2,(H,17,18)(H,19,20)(H,27,28)(H,29,30);;;;/q;2*+1;2*-1. The summed E-state index contributed by atoms with van der Waals surface area (Å²) in [7, 11) is 0. The predicted octanol–water partition coefficient (Wildman–Crippen LogP) is -10.6. The monoisotopic (exact) mass is 546 g/mol. The summed E-state index contributed by atoms with van der Waals surface area (Å²) < 4.78 is 7.78. The van der Waals surface area contributed by atoms with Crippen LogP contribution in [0.1, 0.15) is 28.5 Å². The van der Waals surface area contributed by atoms with Gasteiger partial charge in [0.1, 0.15) is 0 Å². The first-order valence-electron chi connectivity index (χ1n) is 8.55. The summed E-state index contributed by atoms with van der Waals surface area (Å²) in [5.41, 5.74) is -6.45. The van der Waals surface area contributed by atoms with E-state index in [2.05, 4.69) is 9.47 Å². The molecule has 0 aromatic rings. The number of carboxylic acids is 4. The first kappa shape index (κ1) is 38.5. The maximum Gasteiger partial charge on any atom is 1.00 e. The van der Waals surface area contributed by atoms with Crippen molar-refractivity contribution in [3.8, 4) is 0 Å².